The van der Waals surface area contributed by atoms with Gasteiger partial charge in [-0.15, -0.1) is 6.58 Å². The molecular formula is C11H9BrF3. The molecule has 0 N–H and O–H groups in total. The van der Waals surface area contributed by atoms with Gasteiger partial charge in [0, 0.05) is 10.4 Å². The molecule has 0 aliphatic heterocycles. The summed E-state index contributed by atoms with van der Waals surface area (Å²) < 4.78 is 37.7. The molecule has 1 aromatic rings. The maximum atomic E-state index is 12.4. The number of hydrogen-bond acceptors (Lipinski definition) is 0. The molecule has 15 heavy (non-hydrogen) atoms. The van der Waals surface area contributed by atoms with Crippen LogP contribution in [0.4, 0.5) is 13.2 Å². The van der Waals surface area contributed by atoms with Crippen molar-refractivity contribution in [3.05, 3.63) is 53.4 Å². The van der Waals surface area contributed by atoms with Crippen LogP contribution in [-0.2, 0) is 6.18 Å². The van der Waals surface area contributed by atoms with Crippen LogP contribution in [0.5, 0.6) is 0 Å². The van der Waals surface area contributed by atoms with Gasteiger partial charge >= 0.3 is 6.18 Å². The highest BCUT2D eigenvalue weighted by Gasteiger charge is 2.31. The quantitative estimate of drug-likeness (QED) is 0.695. The molecule has 0 fully saturated rings. The maximum Gasteiger partial charge on any atom is 0.416 e. The van der Waals surface area contributed by atoms with Gasteiger partial charge in [-0.25, -0.2) is 0 Å². The van der Waals surface area contributed by atoms with E-state index in [4.69, 9.17) is 0 Å². The van der Waals surface area contributed by atoms with Crippen LogP contribution in [0.2, 0.25) is 0 Å². The lowest BCUT2D eigenvalue weighted by molar-refractivity contribution is -0.137. The standard InChI is InChI=1S/C11H9BrF3/c1-3-7(2)8-4-9(11(13,14)15)6-10(12)5-8/h3-7H,1-2H2. The molecule has 0 nitrogen and oxygen atoms in total. The third-order valence-corrected chi connectivity index (χ3v) is 2.42. The lowest BCUT2D eigenvalue weighted by atomic mass is 9.99. The zero-order chi connectivity index (χ0) is 11.6. The molecule has 0 bridgehead atoms. The summed E-state index contributed by atoms with van der Waals surface area (Å²) in [5.41, 5.74) is -0.186. The van der Waals surface area contributed by atoms with Crippen molar-refractivity contribution in [3.63, 3.8) is 0 Å². The summed E-state index contributed by atoms with van der Waals surface area (Å²) in [7, 11) is 0. The summed E-state index contributed by atoms with van der Waals surface area (Å²) in [6, 6.07) is 3.73. The van der Waals surface area contributed by atoms with Crippen LogP contribution in [0.15, 0.2) is 35.3 Å². The van der Waals surface area contributed by atoms with E-state index in [9.17, 15) is 13.2 Å². The number of rotatable bonds is 2. The average Bonchev–Trinajstić information content (AvgIpc) is 2.14. The van der Waals surface area contributed by atoms with Crippen molar-refractivity contribution >= 4 is 15.9 Å². The second kappa shape index (κ2) is 4.39. The van der Waals surface area contributed by atoms with E-state index in [0.29, 0.717) is 10.0 Å². The molecule has 0 amide bonds. The first-order valence-corrected chi connectivity index (χ1v) is 4.97. The van der Waals surface area contributed by atoms with Crippen LogP contribution >= 0.6 is 15.9 Å². The molecule has 0 saturated carbocycles. The molecule has 0 aromatic heterocycles. The third kappa shape index (κ3) is 3.09. The first-order valence-electron chi connectivity index (χ1n) is 4.18. The van der Waals surface area contributed by atoms with Crippen molar-refractivity contribution in [2.75, 3.05) is 0 Å². The highest BCUT2D eigenvalue weighted by atomic mass is 79.9. The monoisotopic (exact) mass is 277 g/mol. The summed E-state index contributed by atoms with van der Waals surface area (Å²) in [6.45, 7) is 7.18. The molecule has 0 aliphatic rings. The Kier molecular flexibility index (Phi) is 3.60. The van der Waals surface area contributed by atoms with E-state index in [2.05, 4.69) is 29.4 Å². The summed E-state index contributed by atoms with van der Waals surface area (Å²) in [5.74, 6) is -0.344. The van der Waals surface area contributed by atoms with Crippen molar-refractivity contribution in [2.24, 2.45) is 0 Å². The first-order chi connectivity index (χ1) is 6.84. The van der Waals surface area contributed by atoms with Gasteiger partial charge in [0.25, 0.3) is 0 Å². The highest BCUT2D eigenvalue weighted by molar-refractivity contribution is 9.10. The Morgan fingerprint density at radius 1 is 1.27 bits per heavy atom. The number of alkyl halides is 3. The molecule has 1 aromatic carbocycles. The predicted octanol–water partition coefficient (Wildman–Crippen LogP) is 4.57. The Morgan fingerprint density at radius 2 is 1.87 bits per heavy atom. The van der Waals surface area contributed by atoms with E-state index in [1.807, 2.05) is 0 Å². The van der Waals surface area contributed by atoms with Gasteiger partial charge in [-0.2, -0.15) is 13.2 Å². The van der Waals surface area contributed by atoms with E-state index in [1.54, 1.807) is 6.07 Å². The van der Waals surface area contributed by atoms with Crippen molar-refractivity contribution in [1.29, 1.82) is 0 Å². The predicted molar refractivity (Wildman–Crippen MR) is 57.4 cm³/mol. The Bertz CT molecular complexity index is 369. The third-order valence-electron chi connectivity index (χ3n) is 1.96. The van der Waals surface area contributed by atoms with Gasteiger partial charge in [-0.1, -0.05) is 22.0 Å². The zero-order valence-corrected chi connectivity index (χ0v) is 9.40. The van der Waals surface area contributed by atoms with Crippen LogP contribution < -0.4 is 0 Å². The highest BCUT2D eigenvalue weighted by Crippen LogP contribution is 2.33. The SMILES string of the molecule is [CH2]C(C=C)c1cc(Br)cc(C(F)(F)F)c1. The van der Waals surface area contributed by atoms with Gasteiger partial charge in [-0.05, 0) is 30.7 Å². The van der Waals surface area contributed by atoms with Crippen LogP contribution in [-0.4, -0.2) is 0 Å². The van der Waals surface area contributed by atoms with Crippen molar-refractivity contribution < 1.29 is 13.2 Å². The van der Waals surface area contributed by atoms with E-state index in [0.717, 1.165) is 12.1 Å². The fourth-order valence-corrected chi connectivity index (χ4v) is 1.64. The molecule has 81 valence electrons. The Hall–Kier alpha value is -0.770. The van der Waals surface area contributed by atoms with E-state index in [1.165, 1.54) is 6.08 Å². The number of hydrogen-bond donors (Lipinski definition) is 0. The van der Waals surface area contributed by atoms with Crippen molar-refractivity contribution in [1.82, 2.24) is 0 Å². The second-order valence-electron chi connectivity index (χ2n) is 3.11. The molecular weight excluding hydrogens is 269 g/mol. The minimum atomic E-state index is -4.33. The minimum absolute atomic E-state index is 0.344. The minimum Gasteiger partial charge on any atom is -0.166 e. The molecule has 1 radical (unpaired) electrons. The van der Waals surface area contributed by atoms with Crippen LogP contribution in [0, 0.1) is 6.92 Å². The topological polar surface area (TPSA) is 0 Å². The van der Waals surface area contributed by atoms with Gasteiger partial charge in [0.05, 0.1) is 5.56 Å². The fraction of sp³-hybridized carbons (Fsp3) is 0.182. The van der Waals surface area contributed by atoms with Gasteiger partial charge < -0.3 is 0 Å². The number of halogens is 4. The lowest BCUT2D eigenvalue weighted by Gasteiger charge is -2.12. The molecule has 0 saturated heterocycles. The van der Waals surface area contributed by atoms with Crippen LogP contribution in [0.25, 0.3) is 0 Å². The number of benzene rings is 1. The normalized spacial score (nSPS) is 13.7. The number of allylic oxidation sites excluding steroid dienone is 1. The van der Waals surface area contributed by atoms with E-state index >= 15 is 0 Å². The molecule has 1 unspecified atom stereocenters. The second-order valence-corrected chi connectivity index (χ2v) is 4.03. The Labute approximate surface area is 94.9 Å². The largest absolute Gasteiger partial charge is 0.416 e. The zero-order valence-electron chi connectivity index (χ0n) is 7.81. The average molecular weight is 278 g/mol. The van der Waals surface area contributed by atoms with E-state index < -0.39 is 11.7 Å². The summed E-state index contributed by atoms with van der Waals surface area (Å²) in [4.78, 5) is 0. The van der Waals surface area contributed by atoms with E-state index in [-0.39, 0.29) is 5.92 Å². The summed E-state index contributed by atoms with van der Waals surface area (Å²) >= 11 is 3.04. The van der Waals surface area contributed by atoms with Gasteiger partial charge in [0.1, 0.15) is 0 Å². The van der Waals surface area contributed by atoms with Gasteiger partial charge in [0.2, 0.25) is 0 Å². The smallest absolute Gasteiger partial charge is 0.166 e. The van der Waals surface area contributed by atoms with Crippen LogP contribution in [0.1, 0.15) is 17.0 Å². The fourth-order valence-electron chi connectivity index (χ4n) is 1.13. The molecule has 4 heteroatoms. The van der Waals surface area contributed by atoms with Crippen LogP contribution in [0.3, 0.4) is 0 Å². The lowest BCUT2D eigenvalue weighted by Crippen LogP contribution is -2.06. The van der Waals surface area contributed by atoms with Crippen molar-refractivity contribution in [2.45, 2.75) is 12.1 Å². The Morgan fingerprint density at radius 3 is 2.33 bits per heavy atom. The van der Waals surface area contributed by atoms with Crippen molar-refractivity contribution in [3.8, 4) is 0 Å². The first kappa shape index (κ1) is 12.3. The van der Waals surface area contributed by atoms with Gasteiger partial charge in [0.15, 0.2) is 0 Å². The molecule has 0 spiro atoms. The van der Waals surface area contributed by atoms with Gasteiger partial charge in [-0.3, -0.25) is 0 Å². The maximum absolute atomic E-state index is 12.4. The molecule has 0 heterocycles. The molecule has 0 aliphatic carbocycles. The molecule has 1 atom stereocenters. The summed E-state index contributed by atoms with van der Waals surface area (Å²) in [6.07, 6.45) is -2.83. The summed E-state index contributed by atoms with van der Waals surface area (Å²) in [5, 5.41) is 0. The molecule has 1 rings (SSSR count). The Balaban J connectivity index is 3.22.